The summed E-state index contributed by atoms with van der Waals surface area (Å²) in [6.45, 7) is 7.14. The summed E-state index contributed by atoms with van der Waals surface area (Å²) in [5.41, 5.74) is -1.21. The van der Waals surface area contributed by atoms with Gasteiger partial charge in [0.15, 0.2) is 0 Å². The minimum atomic E-state index is -1.21. The number of hydrogen-bond donors (Lipinski definition) is 1. The first-order valence-corrected chi connectivity index (χ1v) is 4.24. The molecule has 1 saturated heterocycles. The minimum absolute atomic E-state index is 0.292. The summed E-state index contributed by atoms with van der Waals surface area (Å²) in [7, 11) is 0. The maximum absolute atomic E-state index is 10.8. The Kier molecular flexibility index (Phi) is 3.12. The highest BCUT2D eigenvalue weighted by molar-refractivity contribution is 5.25. The van der Waals surface area contributed by atoms with E-state index in [-0.39, 0.29) is 0 Å². The zero-order valence-electron chi connectivity index (χ0n) is 7.58. The van der Waals surface area contributed by atoms with Gasteiger partial charge in [-0.3, -0.25) is 0 Å². The number of rotatable bonds is 4. The van der Waals surface area contributed by atoms with E-state index in [2.05, 4.69) is 13.2 Å². The predicted octanol–water partition coefficient (Wildman–Crippen LogP) is 1.23. The molecule has 72 valence electrons. The summed E-state index contributed by atoms with van der Waals surface area (Å²) in [6, 6.07) is 0. The largest absolute Gasteiger partial charge is 0.495 e. The van der Waals surface area contributed by atoms with Crippen LogP contribution >= 0.6 is 0 Å². The molecule has 0 aliphatic carbocycles. The van der Waals surface area contributed by atoms with E-state index in [0.717, 1.165) is 0 Å². The van der Waals surface area contributed by atoms with E-state index >= 15 is 0 Å². The van der Waals surface area contributed by atoms with Crippen molar-refractivity contribution in [1.82, 2.24) is 0 Å². The normalized spacial score (nSPS) is 27.8. The molecule has 1 N–H and O–H groups in total. The van der Waals surface area contributed by atoms with Gasteiger partial charge in [-0.05, 0) is 6.42 Å². The van der Waals surface area contributed by atoms with Crippen LogP contribution in [0.15, 0.2) is 25.0 Å². The maximum atomic E-state index is 10.8. The molecular formula is C10H14O3. The standard InChI is InChI=1S/C10H14O3/c1-3-4-9(7-11)10(12)5-6-13-8(10)2/h3,12H,1-2,4-7H2. The van der Waals surface area contributed by atoms with Gasteiger partial charge in [0, 0.05) is 12.3 Å². The summed E-state index contributed by atoms with van der Waals surface area (Å²) < 4.78 is 5.06. The molecule has 0 aromatic heterocycles. The Balaban J connectivity index is 2.75. The Hall–Kier alpha value is -0.800. The zero-order chi connectivity index (χ0) is 9.90. The van der Waals surface area contributed by atoms with Crippen LogP contribution in [0.1, 0.15) is 12.8 Å². The lowest BCUT2D eigenvalue weighted by Gasteiger charge is -2.28. The van der Waals surface area contributed by atoms with E-state index in [1.165, 1.54) is 0 Å². The molecule has 0 amide bonds. The lowest BCUT2D eigenvalue weighted by atomic mass is 9.83. The predicted molar refractivity (Wildman–Crippen MR) is 48.3 cm³/mol. The summed E-state index contributed by atoms with van der Waals surface area (Å²) >= 11 is 0. The van der Waals surface area contributed by atoms with Crippen molar-refractivity contribution in [3.05, 3.63) is 30.9 Å². The van der Waals surface area contributed by atoms with E-state index in [0.29, 0.717) is 31.1 Å². The van der Waals surface area contributed by atoms with Crippen molar-refractivity contribution in [1.29, 1.82) is 0 Å². The molecule has 3 nitrogen and oxygen atoms in total. The summed E-state index contributed by atoms with van der Waals surface area (Å²) in [5, 5.41) is 20.9. The monoisotopic (exact) mass is 182 g/mol. The molecule has 1 aliphatic rings. The minimum Gasteiger partial charge on any atom is -0.495 e. The van der Waals surface area contributed by atoms with Crippen LogP contribution in [0, 0.1) is 5.92 Å². The van der Waals surface area contributed by atoms with Crippen LogP contribution in [0.4, 0.5) is 0 Å². The van der Waals surface area contributed by atoms with Crippen molar-refractivity contribution < 1.29 is 14.9 Å². The molecule has 1 fully saturated rings. The SMILES string of the molecule is C=CC[C](C[O])C1(O)CCOC1=C. The Bertz CT molecular complexity index is 212. The summed E-state index contributed by atoms with van der Waals surface area (Å²) in [6.07, 6.45) is 2.45. The highest BCUT2D eigenvalue weighted by Gasteiger charge is 2.44. The second-order valence-electron chi connectivity index (χ2n) is 3.12. The second-order valence-corrected chi connectivity index (χ2v) is 3.12. The van der Waals surface area contributed by atoms with Crippen LogP contribution in [-0.4, -0.2) is 23.9 Å². The molecular weight excluding hydrogens is 168 g/mol. The average Bonchev–Trinajstić information content (AvgIpc) is 2.44. The summed E-state index contributed by atoms with van der Waals surface area (Å²) in [4.78, 5) is 0. The first-order valence-electron chi connectivity index (χ1n) is 4.24. The van der Waals surface area contributed by atoms with Crippen molar-refractivity contribution in [2.75, 3.05) is 13.2 Å². The van der Waals surface area contributed by atoms with Crippen LogP contribution < -0.4 is 0 Å². The fourth-order valence-corrected chi connectivity index (χ4v) is 1.48. The fraction of sp³-hybridized carbons (Fsp3) is 0.500. The van der Waals surface area contributed by atoms with Crippen LogP contribution in [0.25, 0.3) is 0 Å². The van der Waals surface area contributed by atoms with Crippen molar-refractivity contribution in [2.24, 2.45) is 0 Å². The molecule has 0 bridgehead atoms. The van der Waals surface area contributed by atoms with Gasteiger partial charge in [-0.25, -0.2) is 5.11 Å². The van der Waals surface area contributed by atoms with Gasteiger partial charge >= 0.3 is 0 Å². The Labute approximate surface area is 78.3 Å². The van der Waals surface area contributed by atoms with Crippen LogP contribution in [-0.2, 0) is 9.84 Å². The molecule has 2 radical (unpaired) electrons. The van der Waals surface area contributed by atoms with Gasteiger partial charge in [0.1, 0.15) is 11.4 Å². The third kappa shape index (κ3) is 1.76. The van der Waals surface area contributed by atoms with Crippen molar-refractivity contribution in [2.45, 2.75) is 18.4 Å². The molecule has 0 aromatic rings. The molecule has 0 spiro atoms. The first kappa shape index (κ1) is 10.3. The molecule has 1 atom stereocenters. The molecule has 1 unspecified atom stereocenters. The van der Waals surface area contributed by atoms with E-state index in [1.54, 1.807) is 6.08 Å². The second kappa shape index (κ2) is 3.94. The summed E-state index contributed by atoms with van der Waals surface area (Å²) in [5.74, 6) is 0.783. The van der Waals surface area contributed by atoms with Crippen molar-refractivity contribution >= 4 is 0 Å². The molecule has 3 heteroatoms. The van der Waals surface area contributed by atoms with Gasteiger partial charge in [-0.15, -0.1) is 6.58 Å². The van der Waals surface area contributed by atoms with Gasteiger partial charge in [-0.2, -0.15) is 0 Å². The van der Waals surface area contributed by atoms with Crippen LogP contribution in [0.2, 0.25) is 0 Å². The number of ether oxygens (including phenoxy) is 1. The highest BCUT2D eigenvalue weighted by atomic mass is 16.5. The average molecular weight is 182 g/mol. The Morgan fingerprint density at radius 2 is 2.46 bits per heavy atom. The lowest BCUT2D eigenvalue weighted by Crippen LogP contribution is -2.36. The Morgan fingerprint density at radius 3 is 2.85 bits per heavy atom. The Morgan fingerprint density at radius 1 is 1.77 bits per heavy atom. The number of hydrogen-bond acceptors (Lipinski definition) is 2. The molecule has 13 heavy (non-hydrogen) atoms. The maximum Gasteiger partial charge on any atom is 0.133 e. The first-order chi connectivity index (χ1) is 6.15. The van der Waals surface area contributed by atoms with E-state index in [1.807, 2.05) is 0 Å². The van der Waals surface area contributed by atoms with Crippen LogP contribution in [0.5, 0.6) is 0 Å². The van der Waals surface area contributed by atoms with Crippen molar-refractivity contribution in [3.63, 3.8) is 0 Å². The number of aliphatic hydroxyl groups is 1. The van der Waals surface area contributed by atoms with Crippen LogP contribution in [0.3, 0.4) is 0 Å². The third-order valence-corrected chi connectivity index (χ3v) is 2.35. The highest BCUT2D eigenvalue weighted by Crippen LogP contribution is 2.38. The van der Waals surface area contributed by atoms with Gasteiger partial charge in [-0.1, -0.05) is 12.7 Å². The number of allylic oxidation sites excluding steroid dienone is 1. The van der Waals surface area contributed by atoms with Gasteiger partial charge in [0.2, 0.25) is 0 Å². The smallest absolute Gasteiger partial charge is 0.133 e. The lowest BCUT2D eigenvalue weighted by molar-refractivity contribution is 0.0542. The topological polar surface area (TPSA) is 49.4 Å². The fourth-order valence-electron chi connectivity index (χ4n) is 1.48. The van der Waals surface area contributed by atoms with Gasteiger partial charge < -0.3 is 9.84 Å². The van der Waals surface area contributed by atoms with E-state index < -0.39 is 12.2 Å². The molecule has 0 saturated carbocycles. The van der Waals surface area contributed by atoms with Gasteiger partial charge in [0.25, 0.3) is 0 Å². The van der Waals surface area contributed by atoms with Crippen molar-refractivity contribution in [3.8, 4) is 0 Å². The quantitative estimate of drug-likeness (QED) is 0.665. The zero-order valence-corrected chi connectivity index (χ0v) is 7.58. The van der Waals surface area contributed by atoms with E-state index in [4.69, 9.17) is 4.74 Å². The van der Waals surface area contributed by atoms with E-state index in [9.17, 15) is 10.2 Å². The molecule has 1 rings (SSSR count). The molecule has 0 aromatic carbocycles. The third-order valence-electron chi connectivity index (χ3n) is 2.35. The molecule has 1 aliphatic heterocycles. The molecule has 1 heterocycles. The van der Waals surface area contributed by atoms with Gasteiger partial charge in [0.05, 0.1) is 13.2 Å².